The fourth-order valence-electron chi connectivity index (χ4n) is 4.21. The van der Waals surface area contributed by atoms with Crippen molar-refractivity contribution in [3.8, 4) is 19.5 Å². The van der Waals surface area contributed by atoms with Gasteiger partial charge >= 0.3 is 0 Å². The minimum absolute atomic E-state index is 1.35. The van der Waals surface area contributed by atoms with Crippen molar-refractivity contribution >= 4 is 97.0 Å². The minimum atomic E-state index is 1.35. The van der Waals surface area contributed by atoms with Gasteiger partial charge in [0.15, 0.2) is 0 Å². The second kappa shape index (κ2) is 6.74. The van der Waals surface area contributed by atoms with Crippen LogP contribution >= 0.6 is 56.7 Å². The smallest absolute Gasteiger partial charge is 0.0455 e. The predicted octanol–water partition coefficient (Wildman–Crippen LogP) is 10.6. The van der Waals surface area contributed by atoms with Crippen LogP contribution in [0.3, 0.4) is 0 Å². The quantitative estimate of drug-likeness (QED) is 0.227. The molecule has 7 aromatic rings. The lowest BCUT2D eigenvalue weighted by Crippen LogP contribution is -1.68. The van der Waals surface area contributed by atoms with Crippen LogP contribution in [0, 0.1) is 13.8 Å². The molecule has 5 aromatic heterocycles. The van der Waals surface area contributed by atoms with Crippen molar-refractivity contribution in [2.45, 2.75) is 13.8 Å². The highest BCUT2D eigenvalue weighted by Crippen LogP contribution is 2.45. The Hall–Kier alpha value is -2.02. The van der Waals surface area contributed by atoms with Gasteiger partial charge in [0.1, 0.15) is 0 Å². The Morgan fingerprint density at radius 1 is 0.452 bits per heavy atom. The van der Waals surface area contributed by atoms with E-state index in [1.165, 1.54) is 71.0 Å². The van der Waals surface area contributed by atoms with Gasteiger partial charge in [0.2, 0.25) is 0 Å². The molecule has 0 saturated heterocycles. The van der Waals surface area contributed by atoms with Crippen molar-refractivity contribution in [2.75, 3.05) is 0 Å². The van der Waals surface area contributed by atoms with Gasteiger partial charge in [-0.2, -0.15) is 0 Å². The molecule has 0 nitrogen and oxygen atoms in total. The number of benzene rings is 2. The molecule has 0 aliphatic rings. The third kappa shape index (κ3) is 2.95. The average molecular weight is 489 g/mol. The maximum Gasteiger partial charge on any atom is 0.0455 e. The summed E-state index contributed by atoms with van der Waals surface area (Å²) in [5.74, 6) is 0. The number of hydrogen-bond acceptors (Lipinski definition) is 5. The van der Waals surface area contributed by atoms with Gasteiger partial charge in [0, 0.05) is 49.1 Å². The van der Waals surface area contributed by atoms with Crippen LogP contribution in [0.4, 0.5) is 0 Å². The molecule has 0 aliphatic carbocycles. The molecule has 0 bridgehead atoms. The minimum Gasteiger partial charge on any atom is -0.143 e. The van der Waals surface area contributed by atoms with Crippen LogP contribution in [-0.2, 0) is 0 Å². The molecule has 0 unspecified atom stereocenters. The molecule has 5 heteroatoms. The molecule has 0 N–H and O–H groups in total. The maximum absolute atomic E-state index is 2.41. The number of thiophene rings is 5. The monoisotopic (exact) mass is 488 g/mol. The largest absolute Gasteiger partial charge is 0.143 e. The van der Waals surface area contributed by atoms with E-state index in [4.69, 9.17) is 0 Å². The molecule has 31 heavy (non-hydrogen) atoms. The van der Waals surface area contributed by atoms with Gasteiger partial charge < -0.3 is 0 Å². The summed E-state index contributed by atoms with van der Waals surface area (Å²) in [6.07, 6.45) is 0. The molecule has 0 amide bonds. The second-order valence-electron chi connectivity index (χ2n) is 8.07. The number of fused-ring (bicyclic) bond motifs is 5. The van der Waals surface area contributed by atoms with Gasteiger partial charge in [0.05, 0.1) is 0 Å². The van der Waals surface area contributed by atoms with Crippen LogP contribution in [0.2, 0.25) is 0 Å². The van der Waals surface area contributed by atoms with E-state index in [9.17, 15) is 0 Å². The lowest BCUT2D eigenvalue weighted by molar-refractivity contribution is 1.56. The summed E-state index contributed by atoms with van der Waals surface area (Å²) in [4.78, 5) is 5.52. The molecule has 5 heterocycles. The zero-order valence-electron chi connectivity index (χ0n) is 16.8. The Morgan fingerprint density at radius 2 is 0.935 bits per heavy atom. The van der Waals surface area contributed by atoms with Gasteiger partial charge in [0.25, 0.3) is 0 Å². The molecular weight excluding hydrogens is 473 g/mol. The lowest BCUT2D eigenvalue weighted by Gasteiger charge is -1.94. The topological polar surface area (TPSA) is 0 Å². The Bertz CT molecular complexity index is 1630. The lowest BCUT2D eigenvalue weighted by atomic mass is 10.1. The fourth-order valence-corrected chi connectivity index (χ4v) is 9.65. The van der Waals surface area contributed by atoms with Gasteiger partial charge in [-0.25, -0.2) is 0 Å². The fraction of sp³-hybridized carbons (Fsp3) is 0.0769. The van der Waals surface area contributed by atoms with Crippen LogP contribution in [-0.4, -0.2) is 0 Å². The van der Waals surface area contributed by atoms with E-state index >= 15 is 0 Å². The van der Waals surface area contributed by atoms with E-state index < -0.39 is 0 Å². The first-order valence-electron chi connectivity index (χ1n) is 10.1. The Labute approximate surface area is 199 Å². The standard InChI is InChI=1S/C26H16S5/c1-13-3-23(27-11-13)25-7-15-5-17-18-6-16-8-26(24-4-14(2)12-28-24)30-20(16)10-22(18)31-21(17)9-19(15)29-25/h3-12H,1-2H3. The molecule has 0 aliphatic heterocycles. The number of aryl methyl sites for hydroxylation is 2. The summed E-state index contributed by atoms with van der Waals surface area (Å²) in [7, 11) is 0. The molecule has 0 fully saturated rings. The maximum atomic E-state index is 2.41. The Kier molecular flexibility index (Phi) is 4.03. The van der Waals surface area contributed by atoms with E-state index in [0.29, 0.717) is 0 Å². The molecule has 0 spiro atoms. The molecule has 7 rings (SSSR count). The van der Waals surface area contributed by atoms with E-state index in [2.05, 4.69) is 73.1 Å². The van der Waals surface area contributed by atoms with Crippen molar-refractivity contribution in [2.24, 2.45) is 0 Å². The molecule has 150 valence electrons. The highest BCUT2D eigenvalue weighted by molar-refractivity contribution is 7.29. The molecular formula is C26H16S5. The first-order chi connectivity index (χ1) is 15.1. The number of hydrogen-bond donors (Lipinski definition) is 0. The summed E-state index contributed by atoms with van der Waals surface area (Å²) in [6.45, 7) is 4.34. The second-order valence-corrected chi connectivity index (χ2v) is 13.1. The molecule has 0 saturated carbocycles. The van der Waals surface area contributed by atoms with Crippen molar-refractivity contribution in [1.82, 2.24) is 0 Å². The van der Waals surface area contributed by atoms with Crippen molar-refractivity contribution in [1.29, 1.82) is 0 Å². The van der Waals surface area contributed by atoms with Crippen LogP contribution in [0.1, 0.15) is 11.1 Å². The third-order valence-corrected chi connectivity index (χ3v) is 11.5. The van der Waals surface area contributed by atoms with E-state index in [1.54, 1.807) is 0 Å². The average Bonchev–Trinajstić information content (AvgIpc) is 3.54. The summed E-state index contributed by atoms with van der Waals surface area (Å²) < 4.78 is 5.56. The molecule has 0 radical (unpaired) electrons. The summed E-state index contributed by atoms with van der Waals surface area (Å²) in [5.41, 5.74) is 2.70. The Balaban J connectivity index is 1.42. The highest BCUT2D eigenvalue weighted by atomic mass is 32.1. The van der Waals surface area contributed by atoms with Crippen LogP contribution in [0.25, 0.3) is 59.9 Å². The van der Waals surface area contributed by atoms with E-state index in [1.807, 2.05) is 56.7 Å². The number of rotatable bonds is 2. The van der Waals surface area contributed by atoms with Crippen molar-refractivity contribution in [3.05, 3.63) is 70.4 Å². The van der Waals surface area contributed by atoms with Gasteiger partial charge in [-0.3, -0.25) is 0 Å². The van der Waals surface area contributed by atoms with Crippen molar-refractivity contribution < 1.29 is 0 Å². The van der Waals surface area contributed by atoms with Gasteiger partial charge in [-0.05, 0) is 95.0 Å². The third-order valence-electron chi connectivity index (χ3n) is 5.69. The van der Waals surface area contributed by atoms with E-state index in [0.717, 1.165) is 0 Å². The normalized spacial score (nSPS) is 12.2. The van der Waals surface area contributed by atoms with Crippen LogP contribution in [0.5, 0.6) is 0 Å². The zero-order chi connectivity index (χ0) is 20.7. The van der Waals surface area contributed by atoms with Crippen LogP contribution < -0.4 is 0 Å². The summed E-state index contributed by atoms with van der Waals surface area (Å²) in [5, 5.41) is 9.98. The molecule has 0 atom stereocenters. The SMILES string of the molecule is Cc1csc(-c2cc3cc4c(cc3s2)sc2cc3sc(-c5cc(C)cs5)cc3cc24)c1. The predicted molar refractivity (Wildman–Crippen MR) is 146 cm³/mol. The van der Waals surface area contributed by atoms with Crippen LogP contribution in [0.15, 0.2) is 59.3 Å². The summed E-state index contributed by atoms with van der Waals surface area (Å²) >= 11 is 9.45. The van der Waals surface area contributed by atoms with Crippen molar-refractivity contribution in [3.63, 3.8) is 0 Å². The van der Waals surface area contributed by atoms with Gasteiger partial charge in [-0.1, -0.05) is 0 Å². The zero-order valence-corrected chi connectivity index (χ0v) is 20.9. The molecule has 2 aromatic carbocycles. The van der Waals surface area contributed by atoms with E-state index in [-0.39, 0.29) is 0 Å². The summed E-state index contributed by atoms with van der Waals surface area (Å²) in [6, 6.07) is 19.0. The first kappa shape index (κ1) is 18.5. The van der Waals surface area contributed by atoms with Gasteiger partial charge in [-0.15, -0.1) is 56.7 Å². The Morgan fingerprint density at radius 3 is 1.35 bits per heavy atom. The first-order valence-corrected chi connectivity index (χ1v) is 14.3. The highest BCUT2D eigenvalue weighted by Gasteiger charge is 2.13.